The fourth-order valence-electron chi connectivity index (χ4n) is 2.58. The molecule has 0 saturated carbocycles. The van der Waals surface area contributed by atoms with E-state index < -0.39 is 0 Å². The molecule has 1 aliphatic heterocycles. The lowest BCUT2D eigenvalue weighted by atomic mass is 9.93. The van der Waals surface area contributed by atoms with Crippen LogP contribution in [0.25, 0.3) is 0 Å². The molecule has 102 valence electrons. The van der Waals surface area contributed by atoms with E-state index in [1.54, 1.807) is 0 Å². The van der Waals surface area contributed by atoms with Crippen molar-refractivity contribution in [3.63, 3.8) is 0 Å². The molecule has 0 aromatic heterocycles. The lowest BCUT2D eigenvalue weighted by molar-refractivity contribution is -0.116. The number of aryl methyl sites for hydroxylation is 1. The molecule has 19 heavy (non-hydrogen) atoms. The van der Waals surface area contributed by atoms with Crippen LogP contribution in [0.5, 0.6) is 0 Å². The molecule has 1 atom stereocenters. The Labute approximate surface area is 114 Å². The highest BCUT2D eigenvalue weighted by Gasteiger charge is 2.18. The summed E-state index contributed by atoms with van der Waals surface area (Å²) in [4.78, 5) is 23.8. The van der Waals surface area contributed by atoms with Gasteiger partial charge in [-0.15, -0.1) is 0 Å². The second-order valence-corrected chi connectivity index (χ2v) is 5.33. The second-order valence-electron chi connectivity index (χ2n) is 5.33. The van der Waals surface area contributed by atoms with E-state index in [9.17, 15) is 9.59 Å². The third-order valence-corrected chi connectivity index (χ3v) is 3.68. The first-order chi connectivity index (χ1) is 9.11. The van der Waals surface area contributed by atoms with Crippen LogP contribution in [-0.2, 0) is 11.2 Å². The van der Waals surface area contributed by atoms with E-state index in [0.717, 1.165) is 42.5 Å². The van der Waals surface area contributed by atoms with Crippen LogP contribution in [0.3, 0.4) is 0 Å². The monoisotopic (exact) mass is 259 g/mol. The fraction of sp³-hybridized carbons (Fsp3) is 0.500. The third kappa shape index (κ3) is 3.22. The highest BCUT2D eigenvalue weighted by Crippen LogP contribution is 2.25. The Hall–Kier alpha value is -1.64. The van der Waals surface area contributed by atoms with Gasteiger partial charge in [0.15, 0.2) is 5.78 Å². The van der Waals surface area contributed by atoms with Gasteiger partial charge in [0.05, 0.1) is 0 Å². The Kier molecular flexibility index (Phi) is 4.35. The SMILES string of the molecule is CCCC(C)C(=O)c1ccc2c(c1)CCCC(=O)N2. The normalized spacial score (nSPS) is 16.2. The minimum atomic E-state index is 0.0668. The highest BCUT2D eigenvalue weighted by molar-refractivity contribution is 5.99. The average molecular weight is 259 g/mol. The number of hydrogen-bond donors (Lipinski definition) is 1. The molecule has 3 nitrogen and oxygen atoms in total. The molecule has 0 bridgehead atoms. The van der Waals surface area contributed by atoms with Crippen molar-refractivity contribution >= 4 is 17.4 Å². The molecule has 3 heteroatoms. The van der Waals surface area contributed by atoms with Gasteiger partial charge in [-0.2, -0.15) is 0 Å². The molecule has 1 unspecified atom stereocenters. The number of benzene rings is 1. The van der Waals surface area contributed by atoms with Crippen molar-refractivity contribution in [3.05, 3.63) is 29.3 Å². The summed E-state index contributed by atoms with van der Waals surface area (Å²) in [5.41, 5.74) is 2.72. The maximum Gasteiger partial charge on any atom is 0.224 e. The smallest absolute Gasteiger partial charge is 0.224 e. The predicted octanol–water partition coefficient (Wildman–Crippen LogP) is 3.58. The van der Waals surface area contributed by atoms with Gasteiger partial charge in [-0.1, -0.05) is 20.3 Å². The molecule has 0 spiro atoms. The van der Waals surface area contributed by atoms with Crippen LogP contribution in [0.1, 0.15) is 55.5 Å². The molecular weight excluding hydrogens is 238 g/mol. The Morgan fingerprint density at radius 1 is 1.37 bits per heavy atom. The summed E-state index contributed by atoms with van der Waals surface area (Å²) in [6.07, 6.45) is 4.21. The lowest BCUT2D eigenvalue weighted by Gasteiger charge is -2.12. The quantitative estimate of drug-likeness (QED) is 0.840. The molecule has 2 rings (SSSR count). The standard InChI is InChI=1S/C16H21NO2/c1-3-5-11(2)16(19)13-8-9-14-12(10-13)6-4-7-15(18)17-14/h8-11H,3-7H2,1-2H3,(H,17,18). The van der Waals surface area contributed by atoms with E-state index in [2.05, 4.69) is 12.2 Å². The van der Waals surface area contributed by atoms with Gasteiger partial charge in [0.25, 0.3) is 0 Å². The zero-order chi connectivity index (χ0) is 13.8. The number of carbonyl (C=O) groups is 2. The summed E-state index contributed by atoms with van der Waals surface area (Å²) in [7, 11) is 0. The van der Waals surface area contributed by atoms with E-state index in [4.69, 9.17) is 0 Å². The lowest BCUT2D eigenvalue weighted by Crippen LogP contribution is -2.12. The zero-order valence-corrected chi connectivity index (χ0v) is 11.7. The van der Waals surface area contributed by atoms with Crippen LogP contribution in [0.4, 0.5) is 5.69 Å². The predicted molar refractivity (Wildman–Crippen MR) is 76.4 cm³/mol. The first-order valence-electron chi connectivity index (χ1n) is 7.08. The van der Waals surface area contributed by atoms with Gasteiger partial charge in [0.2, 0.25) is 5.91 Å². The maximum absolute atomic E-state index is 12.3. The van der Waals surface area contributed by atoms with E-state index in [0.29, 0.717) is 6.42 Å². The summed E-state index contributed by atoms with van der Waals surface area (Å²) in [5.74, 6) is 0.348. The maximum atomic E-state index is 12.3. The Balaban J connectivity index is 2.23. The van der Waals surface area contributed by atoms with E-state index in [-0.39, 0.29) is 17.6 Å². The average Bonchev–Trinajstić information content (AvgIpc) is 2.58. The van der Waals surface area contributed by atoms with Crippen molar-refractivity contribution in [2.45, 2.75) is 46.0 Å². The summed E-state index contributed by atoms with van der Waals surface area (Å²) in [6, 6.07) is 5.65. The second kappa shape index (κ2) is 6.00. The van der Waals surface area contributed by atoms with Crippen molar-refractivity contribution in [1.82, 2.24) is 0 Å². The van der Waals surface area contributed by atoms with Crippen molar-refractivity contribution in [1.29, 1.82) is 0 Å². The zero-order valence-electron chi connectivity index (χ0n) is 11.7. The van der Waals surface area contributed by atoms with Gasteiger partial charge in [-0.3, -0.25) is 9.59 Å². The molecule has 1 aliphatic rings. The minimum Gasteiger partial charge on any atom is -0.326 e. The molecule has 1 aromatic carbocycles. The Morgan fingerprint density at radius 3 is 2.89 bits per heavy atom. The molecule has 0 aliphatic carbocycles. The molecule has 0 saturated heterocycles. The Bertz CT molecular complexity index is 494. The van der Waals surface area contributed by atoms with Crippen LogP contribution in [-0.4, -0.2) is 11.7 Å². The van der Waals surface area contributed by atoms with E-state index in [1.165, 1.54) is 0 Å². The number of anilines is 1. The summed E-state index contributed by atoms with van der Waals surface area (Å²) in [5, 5.41) is 2.89. The molecule has 0 fully saturated rings. The number of ketones is 1. The van der Waals surface area contributed by atoms with Crippen LogP contribution >= 0.6 is 0 Å². The van der Waals surface area contributed by atoms with Gasteiger partial charge < -0.3 is 5.32 Å². The largest absolute Gasteiger partial charge is 0.326 e. The summed E-state index contributed by atoms with van der Waals surface area (Å²) < 4.78 is 0. The topological polar surface area (TPSA) is 46.2 Å². The molecule has 0 radical (unpaired) electrons. The van der Waals surface area contributed by atoms with Crippen molar-refractivity contribution in [2.75, 3.05) is 5.32 Å². The number of nitrogens with one attached hydrogen (secondary N) is 1. The first kappa shape index (κ1) is 13.8. The van der Waals surface area contributed by atoms with Crippen LogP contribution < -0.4 is 5.32 Å². The van der Waals surface area contributed by atoms with Crippen LogP contribution in [0.15, 0.2) is 18.2 Å². The molecular formula is C16H21NO2. The van der Waals surface area contributed by atoms with Crippen LogP contribution in [0, 0.1) is 5.92 Å². The van der Waals surface area contributed by atoms with E-state index in [1.807, 2.05) is 25.1 Å². The molecule has 1 aromatic rings. The number of fused-ring (bicyclic) bond motifs is 1. The van der Waals surface area contributed by atoms with Crippen molar-refractivity contribution < 1.29 is 9.59 Å². The summed E-state index contributed by atoms with van der Waals surface area (Å²) >= 11 is 0. The number of carbonyl (C=O) groups excluding carboxylic acids is 2. The highest BCUT2D eigenvalue weighted by atomic mass is 16.1. The fourth-order valence-corrected chi connectivity index (χ4v) is 2.58. The van der Waals surface area contributed by atoms with Crippen molar-refractivity contribution in [2.24, 2.45) is 5.92 Å². The number of amides is 1. The van der Waals surface area contributed by atoms with Gasteiger partial charge in [0.1, 0.15) is 0 Å². The van der Waals surface area contributed by atoms with Gasteiger partial charge >= 0.3 is 0 Å². The van der Waals surface area contributed by atoms with Crippen molar-refractivity contribution in [3.8, 4) is 0 Å². The molecule has 1 heterocycles. The number of Topliss-reactive ketones (excluding diaryl/α,β-unsaturated/α-hetero) is 1. The number of rotatable bonds is 4. The summed E-state index contributed by atoms with van der Waals surface area (Å²) in [6.45, 7) is 4.08. The van der Waals surface area contributed by atoms with Gasteiger partial charge in [-0.25, -0.2) is 0 Å². The number of hydrogen-bond acceptors (Lipinski definition) is 2. The van der Waals surface area contributed by atoms with Crippen LogP contribution in [0.2, 0.25) is 0 Å². The molecule has 1 amide bonds. The minimum absolute atomic E-state index is 0.0668. The first-order valence-corrected chi connectivity index (χ1v) is 7.08. The third-order valence-electron chi connectivity index (χ3n) is 3.68. The van der Waals surface area contributed by atoms with Gasteiger partial charge in [0, 0.05) is 23.6 Å². The Morgan fingerprint density at radius 2 is 2.16 bits per heavy atom. The van der Waals surface area contributed by atoms with Gasteiger partial charge in [-0.05, 0) is 43.0 Å². The molecule has 1 N–H and O–H groups in total. The van der Waals surface area contributed by atoms with E-state index >= 15 is 0 Å².